The highest BCUT2D eigenvalue weighted by Gasteiger charge is 2.24. The summed E-state index contributed by atoms with van der Waals surface area (Å²) in [5.74, 6) is 0.782. The number of rotatable bonds is 4. The number of furan rings is 1. The van der Waals surface area contributed by atoms with Crippen molar-refractivity contribution in [2.45, 2.75) is 6.54 Å². The van der Waals surface area contributed by atoms with E-state index in [1.54, 1.807) is 52.3 Å². The van der Waals surface area contributed by atoms with Crippen molar-refractivity contribution < 1.29 is 9.21 Å². The smallest absolute Gasteiger partial charge is 0.289 e. The molecule has 0 spiro atoms. The fourth-order valence-corrected chi connectivity index (χ4v) is 3.22. The monoisotopic (exact) mass is 364 g/mol. The quantitative estimate of drug-likeness (QED) is 0.706. The molecule has 1 aliphatic heterocycles. The van der Waals surface area contributed by atoms with Crippen LogP contribution in [0, 0.1) is 0 Å². The summed E-state index contributed by atoms with van der Waals surface area (Å²) in [6, 6.07) is 12.4. The summed E-state index contributed by atoms with van der Waals surface area (Å²) < 4.78 is 7.24. The molecule has 7 heteroatoms. The summed E-state index contributed by atoms with van der Waals surface area (Å²) in [5.41, 5.74) is 1.01. The molecule has 1 aliphatic rings. The van der Waals surface area contributed by atoms with E-state index in [0.717, 1.165) is 18.8 Å². The van der Waals surface area contributed by atoms with Crippen molar-refractivity contribution in [1.29, 1.82) is 0 Å². The molecule has 0 aliphatic carbocycles. The van der Waals surface area contributed by atoms with Gasteiger partial charge in [0.05, 0.1) is 6.54 Å². The van der Waals surface area contributed by atoms with Crippen LogP contribution in [0.15, 0.2) is 70.3 Å². The van der Waals surface area contributed by atoms with E-state index in [4.69, 9.17) is 4.42 Å². The summed E-state index contributed by atoms with van der Waals surface area (Å²) in [5, 5.41) is 0. The first kappa shape index (κ1) is 17.1. The van der Waals surface area contributed by atoms with E-state index in [1.807, 2.05) is 12.1 Å². The number of pyridine rings is 2. The Hall–Kier alpha value is -3.35. The van der Waals surface area contributed by atoms with Crippen LogP contribution in [0.3, 0.4) is 0 Å². The maximum atomic E-state index is 12.7. The van der Waals surface area contributed by atoms with Gasteiger partial charge in [0.1, 0.15) is 5.76 Å². The van der Waals surface area contributed by atoms with Crippen molar-refractivity contribution in [3.8, 4) is 0 Å². The molecular weight excluding hydrogens is 344 g/mol. The highest BCUT2D eigenvalue weighted by Crippen LogP contribution is 2.17. The number of aromatic nitrogens is 2. The molecule has 1 fully saturated rings. The van der Waals surface area contributed by atoms with Crippen molar-refractivity contribution in [2.24, 2.45) is 0 Å². The number of anilines is 1. The van der Waals surface area contributed by atoms with Crippen LogP contribution in [-0.4, -0.2) is 46.5 Å². The molecule has 1 amide bonds. The Labute approximate surface area is 156 Å². The van der Waals surface area contributed by atoms with Gasteiger partial charge in [0, 0.05) is 56.5 Å². The van der Waals surface area contributed by atoms with E-state index < -0.39 is 0 Å². The Morgan fingerprint density at radius 2 is 1.78 bits per heavy atom. The molecule has 0 radical (unpaired) electrons. The molecule has 0 saturated carbocycles. The molecule has 0 bridgehead atoms. The van der Waals surface area contributed by atoms with Crippen molar-refractivity contribution >= 4 is 11.6 Å². The molecule has 7 nitrogen and oxygen atoms in total. The molecule has 0 N–H and O–H groups in total. The SMILES string of the molecule is O=C(c1ccc(Cn2ccccc2=O)o1)N1CCN(c2ccncc2)CC1. The van der Waals surface area contributed by atoms with Gasteiger partial charge in [0.2, 0.25) is 0 Å². The average Bonchev–Trinajstić information content (AvgIpc) is 3.18. The van der Waals surface area contributed by atoms with Crippen LogP contribution < -0.4 is 10.5 Å². The first-order valence-electron chi connectivity index (χ1n) is 8.89. The van der Waals surface area contributed by atoms with Gasteiger partial charge >= 0.3 is 0 Å². The maximum Gasteiger partial charge on any atom is 0.289 e. The minimum absolute atomic E-state index is 0.103. The van der Waals surface area contributed by atoms with Gasteiger partial charge in [-0.1, -0.05) is 6.07 Å². The van der Waals surface area contributed by atoms with E-state index in [-0.39, 0.29) is 11.5 Å². The molecule has 4 rings (SSSR count). The molecular formula is C20H20N4O3. The fraction of sp³-hybridized carbons (Fsp3) is 0.250. The Morgan fingerprint density at radius 1 is 1.00 bits per heavy atom. The number of nitrogens with zero attached hydrogens (tertiary/aromatic N) is 4. The van der Waals surface area contributed by atoms with Crippen LogP contribution in [0.1, 0.15) is 16.3 Å². The molecule has 3 aromatic rings. The lowest BCUT2D eigenvalue weighted by Gasteiger charge is -2.35. The molecule has 1 saturated heterocycles. The second kappa shape index (κ2) is 7.49. The number of hydrogen-bond donors (Lipinski definition) is 0. The first-order chi connectivity index (χ1) is 13.2. The average molecular weight is 364 g/mol. The van der Waals surface area contributed by atoms with Crippen LogP contribution in [0.25, 0.3) is 0 Å². The maximum absolute atomic E-state index is 12.7. The first-order valence-corrected chi connectivity index (χ1v) is 8.89. The minimum Gasteiger partial charge on any atom is -0.454 e. The van der Waals surface area contributed by atoms with Crippen LogP contribution in [0.5, 0.6) is 0 Å². The summed E-state index contributed by atoms with van der Waals surface area (Å²) in [4.78, 5) is 32.6. The molecule has 0 atom stereocenters. The normalized spacial score (nSPS) is 14.4. The summed E-state index contributed by atoms with van der Waals surface area (Å²) in [6.45, 7) is 3.11. The highest BCUT2D eigenvalue weighted by atomic mass is 16.4. The van der Waals surface area contributed by atoms with Gasteiger partial charge in [-0.25, -0.2) is 0 Å². The number of piperazine rings is 1. The number of carbonyl (C=O) groups is 1. The van der Waals surface area contributed by atoms with Gasteiger partial charge in [0.15, 0.2) is 5.76 Å². The third kappa shape index (κ3) is 3.76. The van der Waals surface area contributed by atoms with E-state index in [2.05, 4.69) is 9.88 Å². The van der Waals surface area contributed by atoms with Gasteiger partial charge in [-0.3, -0.25) is 14.6 Å². The lowest BCUT2D eigenvalue weighted by atomic mass is 10.2. The third-order valence-electron chi connectivity index (χ3n) is 4.69. The Balaban J connectivity index is 1.39. The highest BCUT2D eigenvalue weighted by molar-refractivity contribution is 5.91. The van der Waals surface area contributed by atoms with E-state index in [1.165, 1.54) is 6.07 Å². The molecule has 0 unspecified atom stereocenters. The molecule has 138 valence electrons. The second-order valence-corrected chi connectivity index (χ2v) is 6.42. The van der Waals surface area contributed by atoms with E-state index >= 15 is 0 Å². The third-order valence-corrected chi connectivity index (χ3v) is 4.69. The van der Waals surface area contributed by atoms with Gasteiger partial charge in [-0.05, 0) is 30.3 Å². The van der Waals surface area contributed by atoms with E-state index in [0.29, 0.717) is 31.2 Å². The summed E-state index contributed by atoms with van der Waals surface area (Å²) in [7, 11) is 0. The van der Waals surface area contributed by atoms with Crippen LogP contribution in [0.4, 0.5) is 5.69 Å². The topological polar surface area (TPSA) is 71.6 Å². The van der Waals surface area contributed by atoms with Gasteiger partial charge < -0.3 is 18.8 Å². The molecule has 4 heterocycles. The van der Waals surface area contributed by atoms with Crippen LogP contribution >= 0.6 is 0 Å². The standard InChI is InChI=1S/C20H20N4O3/c25-19-3-1-2-10-24(19)15-17-4-5-18(27-17)20(26)23-13-11-22(12-14-23)16-6-8-21-9-7-16/h1-10H,11-15H2. The zero-order chi connectivity index (χ0) is 18.6. The molecule has 3 aromatic heterocycles. The number of amides is 1. The van der Waals surface area contributed by atoms with Crippen molar-refractivity contribution in [3.05, 3.63) is 82.9 Å². The summed E-state index contributed by atoms with van der Waals surface area (Å²) in [6.07, 6.45) is 5.25. The Bertz CT molecular complexity index is 972. The van der Waals surface area contributed by atoms with Crippen LogP contribution in [0.2, 0.25) is 0 Å². The summed E-state index contributed by atoms with van der Waals surface area (Å²) >= 11 is 0. The van der Waals surface area contributed by atoms with E-state index in [9.17, 15) is 9.59 Å². The number of carbonyl (C=O) groups excluding carboxylic acids is 1. The predicted molar refractivity (Wildman–Crippen MR) is 101 cm³/mol. The fourth-order valence-electron chi connectivity index (χ4n) is 3.22. The largest absolute Gasteiger partial charge is 0.454 e. The van der Waals surface area contributed by atoms with Crippen molar-refractivity contribution in [2.75, 3.05) is 31.1 Å². The second-order valence-electron chi connectivity index (χ2n) is 6.42. The zero-order valence-corrected chi connectivity index (χ0v) is 14.8. The van der Waals surface area contributed by atoms with Gasteiger partial charge in [-0.15, -0.1) is 0 Å². The van der Waals surface area contributed by atoms with Crippen molar-refractivity contribution in [1.82, 2.24) is 14.5 Å². The van der Waals surface area contributed by atoms with Gasteiger partial charge in [-0.2, -0.15) is 0 Å². The Kier molecular flexibility index (Phi) is 4.74. The number of hydrogen-bond acceptors (Lipinski definition) is 5. The zero-order valence-electron chi connectivity index (χ0n) is 14.8. The predicted octanol–water partition coefficient (Wildman–Crippen LogP) is 1.85. The molecule has 0 aromatic carbocycles. The lowest BCUT2D eigenvalue weighted by Crippen LogP contribution is -2.48. The van der Waals surface area contributed by atoms with Gasteiger partial charge in [0.25, 0.3) is 11.5 Å². The molecule has 27 heavy (non-hydrogen) atoms. The van der Waals surface area contributed by atoms with Crippen LogP contribution in [-0.2, 0) is 6.54 Å². The minimum atomic E-state index is -0.115. The van der Waals surface area contributed by atoms with Crippen molar-refractivity contribution in [3.63, 3.8) is 0 Å². The Morgan fingerprint density at radius 3 is 2.52 bits per heavy atom. The lowest BCUT2D eigenvalue weighted by molar-refractivity contribution is 0.0712.